The van der Waals surface area contributed by atoms with Crippen molar-refractivity contribution in [3.8, 4) is 0 Å². The van der Waals surface area contributed by atoms with E-state index in [1.165, 1.54) is 51.4 Å². The second-order valence-corrected chi connectivity index (χ2v) is 6.92. The minimum Gasteiger partial charge on any atom is -0.352 e. The van der Waals surface area contributed by atoms with Crippen molar-refractivity contribution in [2.45, 2.75) is 96.2 Å². The summed E-state index contributed by atoms with van der Waals surface area (Å²) in [6.45, 7) is 4.26. The minimum absolute atomic E-state index is 0.0612. The van der Waals surface area contributed by atoms with E-state index in [-0.39, 0.29) is 11.9 Å². The van der Waals surface area contributed by atoms with E-state index in [1.807, 2.05) is 6.92 Å². The van der Waals surface area contributed by atoms with Gasteiger partial charge in [-0.3, -0.25) is 4.79 Å². The molecule has 0 aliphatic heterocycles. The zero-order valence-electron chi connectivity index (χ0n) is 13.3. The molecule has 0 bridgehead atoms. The molecule has 20 heavy (non-hydrogen) atoms. The van der Waals surface area contributed by atoms with Gasteiger partial charge >= 0.3 is 0 Å². The van der Waals surface area contributed by atoms with E-state index in [2.05, 4.69) is 17.6 Å². The van der Waals surface area contributed by atoms with E-state index in [4.69, 9.17) is 0 Å². The van der Waals surface area contributed by atoms with Gasteiger partial charge in [0.05, 0.1) is 6.04 Å². The van der Waals surface area contributed by atoms with Crippen molar-refractivity contribution in [2.75, 3.05) is 0 Å². The minimum atomic E-state index is -0.0612. The zero-order valence-corrected chi connectivity index (χ0v) is 13.3. The van der Waals surface area contributed by atoms with Crippen molar-refractivity contribution in [2.24, 2.45) is 5.92 Å². The lowest BCUT2D eigenvalue weighted by Gasteiger charge is -2.31. The lowest BCUT2D eigenvalue weighted by molar-refractivity contribution is -0.124. The molecule has 0 aromatic rings. The van der Waals surface area contributed by atoms with Gasteiger partial charge in [0.15, 0.2) is 0 Å². The number of hydrogen-bond acceptors (Lipinski definition) is 2. The van der Waals surface area contributed by atoms with E-state index < -0.39 is 0 Å². The third-order valence-electron chi connectivity index (χ3n) is 5.21. The van der Waals surface area contributed by atoms with Crippen molar-refractivity contribution in [3.05, 3.63) is 0 Å². The molecule has 2 aliphatic carbocycles. The Morgan fingerprint density at radius 2 is 1.45 bits per heavy atom. The fraction of sp³-hybridized carbons (Fsp3) is 0.941. The number of carbonyl (C=O) groups excluding carboxylic acids is 1. The molecule has 1 unspecified atom stereocenters. The fourth-order valence-electron chi connectivity index (χ4n) is 3.81. The van der Waals surface area contributed by atoms with Gasteiger partial charge in [0.25, 0.3) is 0 Å². The Hall–Kier alpha value is -0.570. The molecular formula is C17H32N2O. The molecular weight excluding hydrogens is 248 g/mol. The van der Waals surface area contributed by atoms with Gasteiger partial charge in [-0.25, -0.2) is 0 Å². The average molecular weight is 280 g/mol. The molecule has 2 rings (SSSR count). The summed E-state index contributed by atoms with van der Waals surface area (Å²) in [5, 5.41) is 6.75. The molecule has 0 heterocycles. The van der Waals surface area contributed by atoms with Crippen LogP contribution in [0.4, 0.5) is 0 Å². The average Bonchev–Trinajstić information content (AvgIpc) is 2.49. The Kier molecular flexibility index (Phi) is 6.34. The van der Waals surface area contributed by atoms with Crippen LogP contribution in [0.15, 0.2) is 0 Å². The van der Waals surface area contributed by atoms with Crippen molar-refractivity contribution >= 4 is 5.91 Å². The van der Waals surface area contributed by atoms with E-state index >= 15 is 0 Å². The SMILES string of the molecule is CC(N[C@H](C)C1CCCCC1)C(=O)NC1CCCCC1. The first-order valence-electron chi connectivity index (χ1n) is 8.73. The lowest BCUT2D eigenvalue weighted by atomic mass is 9.84. The van der Waals surface area contributed by atoms with Gasteiger partial charge in [-0.15, -0.1) is 0 Å². The summed E-state index contributed by atoms with van der Waals surface area (Å²) < 4.78 is 0. The van der Waals surface area contributed by atoms with Crippen LogP contribution in [0, 0.1) is 5.92 Å². The number of hydrogen-bond donors (Lipinski definition) is 2. The molecule has 2 fully saturated rings. The number of nitrogens with one attached hydrogen (secondary N) is 2. The van der Waals surface area contributed by atoms with Gasteiger partial charge in [-0.2, -0.15) is 0 Å². The molecule has 116 valence electrons. The first-order chi connectivity index (χ1) is 9.66. The van der Waals surface area contributed by atoms with Gasteiger partial charge < -0.3 is 10.6 Å². The summed E-state index contributed by atoms with van der Waals surface area (Å²) in [6.07, 6.45) is 13.0. The van der Waals surface area contributed by atoms with Gasteiger partial charge in [-0.1, -0.05) is 38.5 Å². The highest BCUT2D eigenvalue weighted by atomic mass is 16.2. The lowest BCUT2D eigenvalue weighted by Crippen LogP contribution is -2.50. The van der Waals surface area contributed by atoms with Crippen LogP contribution in [0.25, 0.3) is 0 Å². The third-order valence-corrected chi connectivity index (χ3v) is 5.21. The summed E-state index contributed by atoms with van der Waals surface area (Å²) in [5.74, 6) is 0.952. The molecule has 1 amide bonds. The van der Waals surface area contributed by atoms with Crippen molar-refractivity contribution in [1.82, 2.24) is 10.6 Å². The Morgan fingerprint density at radius 1 is 0.900 bits per heavy atom. The number of carbonyl (C=O) groups is 1. The van der Waals surface area contributed by atoms with Crippen molar-refractivity contribution < 1.29 is 4.79 Å². The molecule has 0 aromatic carbocycles. The Morgan fingerprint density at radius 3 is 2.05 bits per heavy atom. The maximum atomic E-state index is 12.3. The number of rotatable bonds is 5. The van der Waals surface area contributed by atoms with Crippen molar-refractivity contribution in [3.63, 3.8) is 0 Å². The van der Waals surface area contributed by atoms with E-state index in [9.17, 15) is 4.79 Å². The van der Waals surface area contributed by atoms with Crippen LogP contribution >= 0.6 is 0 Å². The first-order valence-corrected chi connectivity index (χ1v) is 8.73. The first kappa shape index (κ1) is 15.8. The quantitative estimate of drug-likeness (QED) is 0.810. The molecule has 2 N–H and O–H groups in total. The normalized spacial score (nSPS) is 25.1. The highest BCUT2D eigenvalue weighted by molar-refractivity contribution is 5.81. The van der Waals surface area contributed by atoms with Gasteiger partial charge in [0, 0.05) is 12.1 Å². The predicted octanol–water partition coefficient (Wildman–Crippen LogP) is 3.38. The van der Waals surface area contributed by atoms with Crippen LogP contribution in [0.1, 0.15) is 78.1 Å². The maximum Gasteiger partial charge on any atom is 0.237 e. The molecule has 0 spiro atoms. The van der Waals surface area contributed by atoms with Crippen LogP contribution in [0.2, 0.25) is 0 Å². The highest BCUT2D eigenvalue weighted by Crippen LogP contribution is 2.26. The van der Waals surface area contributed by atoms with Gasteiger partial charge in [0.2, 0.25) is 5.91 Å². The summed E-state index contributed by atoms with van der Waals surface area (Å²) in [7, 11) is 0. The van der Waals surface area contributed by atoms with Gasteiger partial charge in [-0.05, 0) is 45.4 Å². The largest absolute Gasteiger partial charge is 0.352 e. The Balaban J connectivity index is 1.71. The molecule has 0 saturated heterocycles. The van der Waals surface area contributed by atoms with Crippen LogP contribution in [0.3, 0.4) is 0 Å². The van der Waals surface area contributed by atoms with Crippen LogP contribution in [-0.2, 0) is 4.79 Å². The summed E-state index contributed by atoms with van der Waals surface area (Å²) in [5.41, 5.74) is 0. The maximum absolute atomic E-state index is 12.3. The molecule has 2 saturated carbocycles. The molecule has 3 heteroatoms. The Labute approximate surface area is 124 Å². The van der Waals surface area contributed by atoms with Crippen LogP contribution < -0.4 is 10.6 Å². The number of amides is 1. The molecule has 2 aliphatic rings. The molecule has 0 radical (unpaired) electrons. The van der Waals surface area contributed by atoms with Crippen molar-refractivity contribution in [1.29, 1.82) is 0 Å². The van der Waals surface area contributed by atoms with E-state index in [0.29, 0.717) is 12.1 Å². The second kappa shape index (κ2) is 8.02. The molecule has 2 atom stereocenters. The summed E-state index contributed by atoms with van der Waals surface area (Å²) in [6, 6.07) is 0.821. The topological polar surface area (TPSA) is 41.1 Å². The fourth-order valence-corrected chi connectivity index (χ4v) is 3.81. The van der Waals surface area contributed by atoms with E-state index in [1.54, 1.807) is 0 Å². The smallest absolute Gasteiger partial charge is 0.237 e. The van der Waals surface area contributed by atoms with Crippen LogP contribution in [0.5, 0.6) is 0 Å². The van der Waals surface area contributed by atoms with Gasteiger partial charge in [0.1, 0.15) is 0 Å². The second-order valence-electron chi connectivity index (χ2n) is 6.92. The zero-order chi connectivity index (χ0) is 14.4. The van der Waals surface area contributed by atoms with E-state index in [0.717, 1.165) is 18.8 Å². The van der Waals surface area contributed by atoms with Crippen LogP contribution in [-0.4, -0.2) is 24.0 Å². The highest BCUT2D eigenvalue weighted by Gasteiger charge is 2.24. The predicted molar refractivity (Wildman–Crippen MR) is 83.7 cm³/mol. The molecule has 3 nitrogen and oxygen atoms in total. The summed E-state index contributed by atoms with van der Waals surface area (Å²) in [4.78, 5) is 12.3. The standard InChI is InChI=1S/C17H32N2O/c1-13(15-9-5-3-6-10-15)18-14(2)17(20)19-16-11-7-4-8-12-16/h13-16,18H,3-12H2,1-2H3,(H,19,20)/t13-,14?/m1/s1. The molecule has 0 aromatic heterocycles. The monoisotopic (exact) mass is 280 g/mol. The Bertz CT molecular complexity index is 293. The summed E-state index contributed by atoms with van der Waals surface area (Å²) >= 11 is 0. The third kappa shape index (κ3) is 4.76.